The third-order valence-electron chi connectivity index (χ3n) is 8.22. The normalized spacial score (nSPS) is 31.4. The van der Waals surface area contributed by atoms with Crippen molar-refractivity contribution < 1.29 is 0 Å². The second kappa shape index (κ2) is 7.92. The Bertz CT molecular complexity index is 1330. The monoisotopic (exact) mass is 449 g/mol. The van der Waals surface area contributed by atoms with Crippen LogP contribution in [0.3, 0.4) is 0 Å². The van der Waals surface area contributed by atoms with E-state index in [0.717, 1.165) is 40.9 Å². The number of aromatic amines is 1. The highest BCUT2D eigenvalue weighted by molar-refractivity contribution is 5.87. The fourth-order valence-electron chi connectivity index (χ4n) is 6.14. The lowest BCUT2D eigenvalue weighted by Gasteiger charge is -2.21. The molecule has 172 valence electrons. The average Bonchev–Trinajstić information content (AvgIpc) is 3.41. The smallest absolute Gasteiger partial charge is 0.124 e. The molecule has 0 radical (unpaired) electrons. The van der Waals surface area contributed by atoms with Crippen LogP contribution in [0, 0.1) is 29.6 Å². The maximum absolute atomic E-state index is 4.56. The molecular formula is C29H31N5. The molecule has 2 aliphatic carbocycles. The van der Waals surface area contributed by atoms with Gasteiger partial charge in [-0.2, -0.15) is 0 Å². The van der Waals surface area contributed by atoms with E-state index >= 15 is 0 Å². The van der Waals surface area contributed by atoms with E-state index in [0.29, 0.717) is 12.2 Å². The van der Waals surface area contributed by atoms with Crippen LogP contribution in [0.1, 0.15) is 67.7 Å². The minimum atomic E-state index is 0.367. The number of nitrogens with zero attached hydrogens (tertiary/aromatic N) is 1. The Kier molecular flexibility index (Phi) is 4.70. The number of hydrogen-bond donors (Lipinski definition) is 4. The number of benzene rings is 2. The first-order chi connectivity index (χ1) is 16.7. The van der Waals surface area contributed by atoms with Crippen molar-refractivity contribution in [1.82, 2.24) is 25.9 Å². The van der Waals surface area contributed by atoms with Crippen LogP contribution in [-0.4, -0.2) is 22.2 Å². The number of rotatable bonds is 3. The maximum atomic E-state index is 4.56. The van der Waals surface area contributed by atoms with Crippen LogP contribution < -0.4 is 16.0 Å². The highest BCUT2D eigenvalue weighted by Crippen LogP contribution is 2.45. The Morgan fingerprint density at radius 3 is 2.71 bits per heavy atom. The van der Waals surface area contributed by atoms with Gasteiger partial charge in [0.15, 0.2) is 0 Å². The lowest BCUT2D eigenvalue weighted by atomic mass is 10.0. The molecule has 5 heteroatoms. The van der Waals surface area contributed by atoms with Crippen LogP contribution in [0.5, 0.6) is 0 Å². The van der Waals surface area contributed by atoms with Crippen LogP contribution in [-0.2, 0) is 0 Å². The minimum absolute atomic E-state index is 0.367. The highest BCUT2D eigenvalue weighted by atomic mass is 15.2. The molecular weight excluding hydrogens is 418 g/mol. The second-order valence-electron chi connectivity index (χ2n) is 10.8. The summed E-state index contributed by atoms with van der Waals surface area (Å²) in [5.74, 6) is 10.0. The number of H-pyrrole nitrogens is 1. The van der Waals surface area contributed by atoms with Gasteiger partial charge in [0.2, 0.25) is 0 Å². The van der Waals surface area contributed by atoms with Crippen molar-refractivity contribution >= 4 is 16.5 Å². The van der Waals surface area contributed by atoms with Crippen molar-refractivity contribution in [3.05, 3.63) is 71.4 Å². The molecule has 4 aliphatic rings. The van der Waals surface area contributed by atoms with Crippen molar-refractivity contribution in [3.8, 4) is 11.8 Å². The predicted molar refractivity (Wildman–Crippen MR) is 135 cm³/mol. The zero-order chi connectivity index (χ0) is 22.6. The molecule has 2 aliphatic heterocycles. The minimum Gasteiger partial charge on any atom is -0.369 e. The summed E-state index contributed by atoms with van der Waals surface area (Å²) in [5.41, 5.74) is 4.33. The van der Waals surface area contributed by atoms with Gasteiger partial charge in [0, 0.05) is 17.8 Å². The van der Waals surface area contributed by atoms with Crippen LogP contribution in [0.2, 0.25) is 0 Å². The van der Waals surface area contributed by atoms with E-state index in [4.69, 9.17) is 0 Å². The Hall–Kier alpha value is -3.23. The SMILES string of the molecule is C[C@@H]1CC[C@H](C2NC=C(c3ccc4cc(C#Cc5cnc([C@@H]6C[C@H]7C[C@H]7N6)[nH]5)ccc4c3)N2)C1. The molecule has 3 fully saturated rings. The van der Waals surface area contributed by atoms with Crippen molar-refractivity contribution in [2.45, 2.75) is 57.3 Å². The van der Waals surface area contributed by atoms with Gasteiger partial charge < -0.3 is 20.9 Å². The van der Waals surface area contributed by atoms with Gasteiger partial charge in [-0.1, -0.05) is 37.5 Å². The van der Waals surface area contributed by atoms with E-state index in [1.165, 1.54) is 54.1 Å². The Morgan fingerprint density at radius 2 is 1.85 bits per heavy atom. The fourth-order valence-corrected chi connectivity index (χ4v) is 6.14. The number of nitrogens with one attached hydrogen (secondary N) is 4. The van der Waals surface area contributed by atoms with Crippen LogP contribution >= 0.6 is 0 Å². The summed E-state index contributed by atoms with van der Waals surface area (Å²) >= 11 is 0. The lowest BCUT2D eigenvalue weighted by molar-refractivity contribution is 0.370. The fraction of sp³-hybridized carbons (Fsp3) is 0.414. The molecule has 5 nitrogen and oxygen atoms in total. The van der Waals surface area contributed by atoms with E-state index in [1.807, 2.05) is 6.20 Å². The van der Waals surface area contributed by atoms with Crippen LogP contribution in [0.25, 0.3) is 16.5 Å². The molecule has 0 bridgehead atoms. The molecule has 2 saturated carbocycles. The summed E-state index contributed by atoms with van der Waals surface area (Å²) < 4.78 is 0. The molecule has 0 amide bonds. The standard InChI is InChI=1S/C29H31N5/c1-17-2-5-22(10-17)28-31-16-27(34-28)21-8-7-19-11-18(3-6-20(19)12-21)4-9-24-15-30-29(32-24)26-14-23-13-25(23)33-26/h3,6-8,11-12,15-17,22-23,25-26,28,31,33-34H,2,5,10,13-14H2,1H3,(H,30,32)/t17-,22+,23-,25-,26+,28?/m1/s1. The first kappa shape index (κ1) is 20.2. The Morgan fingerprint density at radius 1 is 0.941 bits per heavy atom. The first-order valence-electron chi connectivity index (χ1n) is 12.8. The molecule has 6 atom stereocenters. The summed E-state index contributed by atoms with van der Waals surface area (Å²) in [6.07, 6.45) is 10.9. The van der Waals surface area contributed by atoms with Crippen molar-refractivity contribution in [1.29, 1.82) is 0 Å². The van der Waals surface area contributed by atoms with E-state index in [9.17, 15) is 0 Å². The lowest BCUT2D eigenvalue weighted by Crippen LogP contribution is -2.38. The number of piperidine rings is 1. The zero-order valence-electron chi connectivity index (χ0n) is 19.6. The van der Waals surface area contributed by atoms with Gasteiger partial charge in [0.05, 0.1) is 24.1 Å². The van der Waals surface area contributed by atoms with Gasteiger partial charge in [0.1, 0.15) is 11.5 Å². The van der Waals surface area contributed by atoms with Crippen molar-refractivity contribution in [2.24, 2.45) is 17.8 Å². The van der Waals surface area contributed by atoms with Gasteiger partial charge in [-0.15, -0.1) is 0 Å². The van der Waals surface area contributed by atoms with E-state index in [-0.39, 0.29) is 0 Å². The van der Waals surface area contributed by atoms with Gasteiger partial charge in [-0.25, -0.2) is 4.98 Å². The molecule has 2 aromatic carbocycles. The van der Waals surface area contributed by atoms with E-state index in [1.54, 1.807) is 0 Å². The highest BCUT2D eigenvalue weighted by Gasteiger charge is 2.46. The molecule has 7 rings (SSSR count). The topological polar surface area (TPSA) is 64.8 Å². The number of fused-ring (bicyclic) bond motifs is 2. The predicted octanol–water partition coefficient (Wildman–Crippen LogP) is 4.64. The number of aromatic nitrogens is 2. The summed E-state index contributed by atoms with van der Waals surface area (Å²) in [5, 5.41) is 13.4. The van der Waals surface area contributed by atoms with Gasteiger partial charge in [0.25, 0.3) is 0 Å². The van der Waals surface area contributed by atoms with Gasteiger partial charge >= 0.3 is 0 Å². The molecule has 1 unspecified atom stereocenters. The summed E-state index contributed by atoms with van der Waals surface area (Å²) in [7, 11) is 0. The molecule has 1 saturated heterocycles. The molecule has 34 heavy (non-hydrogen) atoms. The van der Waals surface area contributed by atoms with Crippen LogP contribution in [0.4, 0.5) is 0 Å². The molecule has 3 heterocycles. The Labute approximate surface area is 200 Å². The van der Waals surface area contributed by atoms with Gasteiger partial charge in [-0.3, -0.25) is 0 Å². The number of imidazole rings is 1. The third kappa shape index (κ3) is 3.76. The van der Waals surface area contributed by atoms with Crippen molar-refractivity contribution in [2.75, 3.05) is 0 Å². The first-order valence-corrected chi connectivity index (χ1v) is 12.8. The zero-order valence-corrected chi connectivity index (χ0v) is 19.6. The quantitative estimate of drug-likeness (QED) is 0.440. The third-order valence-corrected chi connectivity index (χ3v) is 8.22. The second-order valence-corrected chi connectivity index (χ2v) is 10.8. The average molecular weight is 450 g/mol. The largest absolute Gasteiger partial charge is 0.369 e. The molecule has 3 aromatic rings. The van der Waals surface area contributed by atoms with E-state index < -0.39 is 0 Å². The van der Waals surface area contributed by atoms with Crippen LogP contribution in [0.15, 0.2) is 48.8 Å². The maximum Gasteiger partial charge on any atom is 0.124 e. The summed E-state index contributed by atoms with van der Waals surface area (Å²) in [6.45, 7) is 2.37. The van der Waals surface area contributed by atoms with E-state index in [2.05, 4.69) is 87.3 Å². The number of hydrogen-bond acceptors (Lipinski definition) is 4. The molecule has 1 aromatic heterocycles. The molecule has 4 N–H and O–H groups in total. The summed E-state index contributed by atoms with van der Waals surface area (Å²) in [6, 6.07) is 14.2. The Balaban J connectivity index is 1.05. The molecule has 0 spiro atoms. The van der Waals surface area contributed by atoms with Gasteiger partial charge in [-0.05, 0) is 83.9 Å². The van der Waals surface area contributed by atoms with Crippen molar-refractivity contribution in [3.63, 3.8) is 0 Å². The summed E-state index contributed by atoms with van der Waals surface area (Å²) in [4.78, 5) is 7.96.